The van der Waals surface area contributed by atoms with Gasteiger partial charge in [-0.2, -0.15) is 5.10 Å². The molecule has 0 unspecified atom stereocenters. The Morgan fingerprint density at radius 1 is 1.64 bits per heavy atom. The number of aromatic amines is 1. The molecule has 76 valence electrons. The van der Waals surface area contributed by atoms with E-state index >= 15 is 0 Å². The van der Waals surface area contributed by atoms with E-state index in [0.29, 0.717) is 12.6 Å². The van der Waals surface area contributed by atoms with Gasteiger partial charge in [-0.05, 0) is 25.3 Å². The van der Waals surface area contributed by atoms with Crippen LogP contribution in [0.4, 0.5) is 4.79 Å². The Morgan fingerprint density at radius 3 is 3.07 bits per heavy atom. The van der Waals surface area contributed by atoms with Crippen LogP contribution in [-0.2, 0) is 6.54 Å². The number of hydrogen-bond acceptors (Lipinski definition) is 2. The van der Waals surface area contributed by atoms with Gasteiger partial charge in [0.1, 0.15) is 0 Å². The lowest BCUT2D eigenvalue weighted by atomic mass is 9.93. The largest absolute Gasteiger partial charge is 0.335 e. The third-order valence-corrected chi connectivity index (χ3v) is 2.44. The minimum atomic E-state index is -0.0932. The molecule has 5 heteroatoms. The number of amides is 2. The SMILES string of the molecule is O=C(NCc1ccn[nH]1)NC1CCC1. The predicted octanol–water partition coefficient (Wildman–Crippen LogP) is 0.761. The molecule has 14 heavy (non-hydrogen) atoms. The molecule has 5 nitrogen and oxygen atoms in total. The molecular formula is C9H14N4O. The summed E-state index contributed by atoms with van der Waals surface area (Å²) >= 11 is 0. The highest BCUT2D eigenvalue weighted by molar-refractivity contribution is 5.74. The van der Waals surface area contributed by atoms with E-state index in [-0.39, 0.29) is 6.03 Å². The van der Waals surface area contributed by atoms with Crippen LogP contribution in [0, 0.1) is 0 Å². The summed E-state index contributed by atoms with van der Waals surface area (Å²) in [5.41, 5.74) is 0.911. The maximum Gasteiger partial charge on any atom is 0.315 e. The minimum absolute atomic E-state index is 0.0932. The summed E-state index contributed by atoms with van der Waals surface area (Å²) < 4.78 is 0. The second-order valence-electron chi connectivity index (χ2n) is 3.54. The minimum Gasteiger partial charge on any atom is -0.335 e. The van der Waals surface area contributed by atoms with Crippen molar-refractivity contribution in [2.45, 2.75) is 31.8 Å². The number of urea groups is 1. The Hall–Kier alpha value is -1.52. The summed E-state index contributed by atoms with van der Waals surface area (Å²) in [6.07, 6.45) is 5.11. The molecule has 0 radical (unpaired) electrons. The lowest BCUT2D eigenvalue weighted by molar-refractivity contribution is 0.228. The van der Waals surface area contributed by atoms with E-state index in [1.165, 1.54) is 6.42 Å². The fourth-order valence-electron chi connectivity index (χ4n) is 1.35. The van der Waals surface area contributed by atoms with Crippen molar-refractivity contribution in [2.24, 2.45) is 0 Å². The van der Waals surface area contributed by atoms with Crippen molar-refractivity contribution in [2.75, 3.05) is 0 Å². The first-order valence-electron chi connectivity index (χ1n) is 4.87. The van der Waals surface area contributed by atoms with Crippen molar-refractivity contribution in [3.63, 3.8) is 0 Å². The Kier molecular flexibility index (Phi) is 2.67. The molecule has 2 rings (SSSR count). The van der Waals surface area contributed by atoms with Gasteiger partial charge in [0, 0.05) is 12.2 Å². The van der Waals surface area contributed by atoms with Crippen molar-refractivity contribution < 1.29 is 4.79 Å². The number of hydrogen-bond donors (Lipinski definition) is 3. The number of nitrogens with one attached hydrogen (secondary N) is 3. The van der Waals surface area contributed by atoms with Gasteiger partial charge in [0.2, 0.25) is 0 Å². The second-order valence-corrected chi connectivity index (χ2v) is 3.54. The van der Waals surface area contributed by atoms with Gasteiger partial charge in [-0.25, -0.2) is 4.79 Å². The first-order valence-corrected chi connectivity index (χ1v) is 4.87. The van der Waals surface area contributed by atoms with Gasteiger partial charge in [0.15, 0.2) is 0 Å². The molecule has 1 aromatic heterocycles. The number of rotatable bonds is 3. The number of aromatic nitrogens is 2. The Morgan fingerprint density at radius 2 is 2.50 bits per heavy atom. The monoisotopic (exact) mass is 194 g/mol. The summed E-state index contributed by atoms with van der Waals surface area (Å²) in [4.78, 5) is 11.3. The van der Waals surface area contributed by atoms with Gasteiger partial charge in [-0.15, -0.1) is 0 Å². The first-order chi connectivity index (χ1) is 6.84. The topological polar surface area (TPSA) is 69.8 Å². The van der Waals surface area contributed by atoms with Crippen LogP contribution < -0.4 is 10.6 Å². The molecule has 0 bridgehead atoms. The molecule has 1 saturated carbocycles. The number of carbonyl (C=O) groups excluding carboxylic acids is 1. The Balaban J connectivity index is 1.67. The van der Waals surface area contributed by atoms with E-state index in [1.54, 1.807) is 6.20 Å². The van der Waals surface area contributed by atoms with Crippen LogP contribution >= 0.6 is 0 Å². The Bertz CT molecular complexity index is 292. The van der Waals surface area contributed by atoms with Gasteiger partial charge in [0.05, 0.1) is 12.2 Å². The lowest BCUT2D eigenvalue weighted by Crippen LogP contribution is -2.44. The average Bonchev–Trinajstić information content (AvgIpc) is 2.60. The van der Waals surface area contributed by atoms with E-state index in [0.717, 1.165) is 18.5 Å². The maximum absolute atomic E-state index is 11.3. The van der Waals surface area contributed by atoms with Crippen molar-refractivity contribution in [3.8, 4) is 0 Å². The molecule has 0 aromatic carbocycles. The van der Waals surface area contributed by atoms with E-state index in [2.05, 4.69) is 20.8 Å². The van der Waals surface area contributed by atoms with Gasteiger partial charge < -0.3 is 10.6 Å². The van der Waals surface area contributed by atoms with E-state index in [9.17, 15) is 4.79 Å². The summed E-state index contributed by atoms with van der Waals surface area (Å²) in [5, 5.41) is 12.2. The highest BCUT2D eigenvalue weighted by atomic mass is 16.2. The maximum atomic E-state index is 11.3. The predicted molar refractivity (Wildman–Crippen MR) is 51.6 cm³/mol. The molecule has 0 saturated heterocycles. The van der Waals surface area contributed by atoms with Crippen LogP contribution in [0.15, 0.2) is 12.3 Å². The molecule has 1 heterocycles. The highest BCUT2D eigenvalue weighted by Crippen LogP contribution is 2.17. The van der Waals surface area contributed by atoms with E-state index < -0.39 is 0 Å². The van der Waals surface area contributed by atoms with Crippen LogP contribution in [0.5, 0.6) is 0 Å². The van der Waals surface area contributed by atoms with Crippen LogP contribution in [0.2, 0.25) is 0 Å². The fourth-order valence-corrected chi connectivity index (χ4v) is 1.35. The average molecular weight is 194 g/mol. The van der Waals surface area contributed by atoms with Crippen LogP contribution in [-0.4, -0.2) is 22.3 Å². The van der Waals surface area contributed by atoms with Gasteiger partial charge in [-0.3, -0.25) is 5.10 Å². The summed E-state index contributed by atoms with van der Waals surface area (Å²) in [6.45, 7) is 0.499. The normalized spacial score (nSPS) is 16.0. The molecule has 0 atom stereocenters. The zero-order valence-electron chi connectivity index (χ0n) is 7.92. The molecule has 3 N–H and O–H groups in total. The highest BCUT2D eigenvalue weighted by Gasteiger charge is 2.18. The molecule has 1 aliphatic rings. The number of nitrogens with zero attached hydrogens (tertiary/aromatic N) is 1. The van der Waals surface area contributed by atoms with Crippen molar-refractivity contribution in [1.82, 2.24) is 20.8 Å². The third kappa shape index (κ3) is 2.25. The van der Waals surface area contributed by atoms with Gasteiger partial charge >= 0.3 is 6.03 Å². The molecule has 1 aliphatic carbocycles. The Labute approximate surface area is 82.3 Å². The fraction of sp³-hybridized carbons (Fsp3) is 0.556. The summed E-state index contributed by atoms with van der Waals surface area (Å²) in [5.74, 6) is 0. The molecule has 2 amide bonds. The lowest BCUT2D eigenvalue weighted by Gasteiger charge is -2.26. The van der Waals surface area contributed by atoms with Crippen molar-refractivity contribution >= 4 is 6.03 Å². The number of H-pyrrole nitrogens is 1. The van der Waals surface area contributed by atoms with E-state index in [4.69, 9.17) is 0 Å². The smallest absolute Gasteiger partial charge is 0.315 e. The van der Waals surface area contributed by atoms with Gasteiger partial charge in [0.25, 0.3) is 0 Å². The zero-order chi connectivity index (χ0) is 9.80. The molecule has 0 spiro atoms. The zero-order valence-corrected chi connectivity index (χ0v) is 7.92. The first kappa shape index (κ1) is 9.05. The van der Waals surface area contributed by atoms with E-state index in [1.807, 2.05) is 6.07 Å². The standard InChI is InChI=1S/C9H14N4O/c14-9(12-7-2-1-3-7)10-6-8-4-5-11-13-8/h4-5,7H,1-3,6H2,(H,11,13)(H2,10,12,14). The van der Waals surface area contributed by atoms with Crippen LogP contribution in [0.3, 0.4) is 0 Å². The molecule has 1 aromatic rings. The van der Waals surface area contributed by atoms with Crippen LogP contribution in [0.1, 0.15) is 25.0 Å². The molecule has 1 fully saturated rings. The molecular weight excluding hydrogens is 180 g/mol. The van der Waals surface area contributed by atoms with Crippen molar-refractivity contribution in [3.05, 3.63) is 18.0 Å². The second kappa shape index (κ2) is 4.13. The molecule has 0 aliphatic heterocycles. The quantitative estimate of drug-likeness (QED) is 0.665. The van der Waals surface area contributed by atoms with Crippen LogP contribution in [0.25, 0.3) is 0 Å². The summed E-state index contributed by atoms with van der Waals surface area (Å²) in [6, 6.07) is 2.13. The third-order valence-electron chi connectivity index (χ3n) is 2.44. The summed E-state index contributed by atoms with van der Waals surface area (Å²) in [7, 11) is 0. The number of carbonyl (C=O) groups is 1. The van der Waals surface area contributed by atoms with Crippen molar-refractivity contribution in [1.29, 1.82) is 0 Å². The van der Waals surface area contributed by atoms with Gasteiger partial charge in [-0.1, -0.05) is 0 Å².